The molecule has 0 unspecified atom stereocenters. The molecule has 1 aromatic rings. The Kier molecular flexibility index (Phi) is 1.79. The van der Waals surface area contributed by atoms with E-state index in [1.54, 1.807) is 12.1 Å². The fourth-order valence-corrected chi connectivity index (χ4v) is 1.53. The van der Waals surface area contributed by atoms with E-state index in [1.807, 2.05) is 0 Å². The molecule has 0 saturated heterocycles. The van der Waals surface area contributed by atoms with E-state index in [0.29, 0.717) is 6.42 Å². The molecule has 13 heavy (non-hydrogen) atoms. The second-order valence-corrected chi connectivity index (χ2v) is 3.32. The number of hydrogen-bond acceptors (Lipinski definition) is 2. The van der Waals surface area contributed by atoms with Gasteiger partial charge in [-0.1, -0.05) is 12.1 Å². The predicted octanol–water partition coefficient (Wildman–Crippen LogP) is 0.679. The standard InChI is InChI=1S/C10H9FO2/c11-7-3-1-6(2-4-7)8-5-9(8)10(12)13/h1-4,8-9H,5H2,(H,12,13)/p-1/t8-,9+/m1/s1. The minimum atomic E-state index is -1.01. The third-order valence-corrected chi connectivity index (χ3v) is 2.39. The summed E-state index contributed by atoms with van der Waals surface area (Å²) in [5, 5.41) is 10.4. The highest BCUT2D eigenvalue weighted by Crippen LogP contribution is 2.46. The van der Waals surface area contributed by atoms with Crippen LogP contribution >= 0.6 is 0 Å². The van der Waals surface area contributed by atoms with Crippen molar-refractivity contribution >= 4 is 5.97 Å². The molecular weight excluding hydrogens is 171 g/mol. The van der Waals surface area contributed by atoms with Crippen molar-refractivity contribution < 1.29 is 14.3 Å². The molecule has 1 aromatic carbocycles. The third kappa shape index (κ3) is 1.54. The van der Waals surface area contributed by atoms with E-state index in [-0.39, 0.29) is 17.7 Å². The summed E-state index contributed by atoms with van der Waals surface area (Å²) in [7, 11) is 0. The van der Waals surface area contributed by atoms with Crippen LogP contribution in [-0.4, -0.2) is 5.97 Å². The van der Waals surface area contributed by atoms with Crippen LogP contribution in [0.5, 0.6) is 0 Å². The molecule has 0 heterocycles. The maximum absolute atomic E-state index is 12.5. The zero-order valence-electron chi connectivity index (χ0n) is 6.87. The van der Waals surface area contributed by atoms with Gasteiger partial charge in [0.1, 0.15) is 5.82 Å². The van der Waals surface area contributed by atoms with E-state index in [2.05, 4.69) is 0 Å². The lowest BCUT2D eigenvalue weighted by Crippen LogP contribution is -2.24. The highest BCUT2D eigenvalue weighted by Gasteiger charge is 2.39. The molecule has 1 saturated carbocycles. The Bertz CT molecular complexity index is 331. The molecule has 0 N–H and O–H groups in total. The Morgan fingerprint density at radius 1 is 1.38 bits per heavy atom. The minimum Gasteiger partial charge on any atom is -0.550 e. The Morgan fingerprint density at radius 3 is 2.46 bits per heavy atom. The molecule has 0 aliphatic heterocycles. The van der Waals surface area contributed by atoms with Gasteiger partial charge in [0.2, 0.25) is 0 Å². The van der Waals surface area contributed by atoms with Crippen LogP contribution in [0.3, 0.4) is 0 Å². The number of halogens is 1. The van der Waals surface area contributed by atoms with Gasteiger partial charge in [0.05, 0.1) is 0 Å². The lowest BCUT2D eigenvalue weighted by Gasteiger charge is -2.00. The topological polar surface area (TPSA) is 40.1 Å². The van der Waals surface area contributed by atoms with Crippen LogP contribution in [0.25, 0.3) is 0 Å². The van der Waals surface area contributed by atoms with Crippen molar-refractivity contribution in [3.63, 3.8) is 0 Å². The molecule has 0 spiro atoms. The quantitative estimate of drug-likeness (QED) is 0.669. The summed E-state index contributed by atoms with van der Waals surface area (Å²) in [5.41, 5.74) is 0.885. The summed E-state index contributed by atoms with van der Waals surface area (Å²) < 4.78 is 12.5. The minimum absolute atomic E-state index is 0.0330. The molecule has 0 bridgehead atoms. The lowest BCUT2D eigenvalue weighted by atomic mass is 10.1. The van der Waals surface area contributed by atoms with Gasteiger partial charge in [-0.2, -0.15) is 0 Å². The first-order valence-corrected chi connectivity index (χ1v) is 4.15. The van der Waals surface area contributed by atoms with Crippen molar-refractivity contribution in [1.29, 1.82) is 0 Å². The summed E-state index contributed by atoms with van der Waals surface area (Å²) in [6.07, 6.45) is 0.619. The molecule has 2 nitrogen and oxygen atoms in total. The largest absolute Gasteiger partial charge is 0.550 e. The predicted molar refractivity (Wildman–Crippen MR) is 42.3 cm³/mol. The van der Waals surface area contributed by atoms with Gasteiger partial charge in [0, 0.05) is 11.9 Å². The number of carbonyl (C=O) groups is 1. The van der Waals surface area contributed by atoms with Gasteiger partial charge in [0.25, 0.3) is 0 Å². The Hall–Kier alpha value is -1.38. The lowest BCUT2D eigenvalue weighted by molar-refractivity contribution is -0.308. The van der Waals surface area contributed by atoms with Crippen molar-refractivity contribution in [2.24, 2.45) is 5.92 Å². The summed E-state index contributed by atoms with van der Waals surface area (Å²) in [4.78, 5) is 10.4. The molecule has 2 rings (SSSR count). The summed E-state index contributed by atoms with van der Waals surface area (Å²) >= 11 is 0. The van der Waals surface area contributed by atoms with Crippen LogP contribution in [0.1, 0.15) is 17.9 Å². The maximum atomic E-state index is 12.5. The molecule has 0 aromatic heterocycles. The fraction of sp³-hybridized carbons (Fsp3) is 0.300. The van der Waals surface area contributed by atoms with Crippen molar-refractivity contribution in [2.75, 3.05) is 0 Å². The molecule has 1 fully saturated rings. The molecule has 1 aliphatic rings. The van der Waals surface area contributed by atoms with E-state index in [9.17, 15) is 14.3 Å². The molecule has 1 aliphatic carbocycles. The first-order chi connectivity index (χ1) is 6.18. The van der Waals surface area contributed by atoms with Crippen LogP contribution in [0.4, 0.5) is 4.39 Å². The summed E-state index contributed by atoms with van der Waals surface area (Å²) in [5.74, 6) is -1.64. The van der Waals surface area contributed by atoms with Crippen LogP contribution in [0.2, 0.25) is 0 Å². The molecular formula is C10H8FO2-. The number of rotatable bonds is 2. The summed E-state index contributed by atoms with van der Waals surface area (Å²) in [6, 6.07) is 5.95. The van der Waals surface area contributed by atoms with Gasteiger partial charge in [-0.05, 0) is 30.0 Å². The zero-order valence-corrected chi connectivity index (χ0v) is 6.87. The van der Waals surface area contributed by atoms with E-state index in [1.165, 1.54) is 12.1 Å². The highest BCUT2D eigenvalue weighted by molar-refractivity contribution is 5.73. The van der Waals surface area contributed by atoms with Crippen LogP contribution < -0.4 is 5.11 Å². The van der Waals surface area contributed by atoms with Crippen molar-refractivity contribution in [3.05, 3.63) is 35.6 Å². The van der Waals surface area contributed by atoms with Gasteiger partial charge in [0.15, 0.2) is 0 Å². The second-order valence-electron chi connectivity index (χ2n) is 3.32. The van der Waals surface area contributed by atoms with Crippen molar-refractivity contribution in [3.8, 4) is 0 Å². The highest BCUT2D eigenvalue weighted by atomic mass is 19.1. The SMILES string of the molecule is O=C([O-])[C@H]1C[C@@H]1c1ccc(F)cc1. The maximum Gasteiger partial charge on any atom is 0.123 e. The van der Waals surface area contributed by atoms with Crippen LogP contribution in [0, 0.1) is 11.7 Å². The average Bonchev–Trinajstić information content (AvgIpc) is 2.85. The van der Waals surface area contributed by atoms with Crippen molar-refractivity contribution in [1.82, 2.24) is 0 Å². The summed E-state index contributed by atoms with van der Waals surface area (Å²) in [6.45, 7) is 0. The first kappa shape index (κ1) is 8.23. The van der Waals surface area contributed by atoms with Gasteiger partial charge in [-0.15, -0.1) is 0 Å². The van der Waals surface area contributed by atoms with E-state index in [4.69, 9.17) is 0 Å². The number of aliphatic carboxylic acids is 1. The Balaban J connectivity index is 2.12. The van der Waals surface area contributed by atoms with E-state index in [0.717, 1.165) is 5.56 Å². The Labute approximate surface area is 75.0 Å². The first-order valence-electron chi connectivity index (χ1n) is 4.15. The number of carboxylic acids is 1. The van der Waals surface area contributed by atoms with E-state index >= 15 is 0 Å². The second kappa shape index (κ2) is 2.83. The van der Waals surface area contributed by atoms with Crippen LogP contribution in [0.15, 0.2) is 24.3 Å². The zero-order chi connectivity index (χ0) is 9.42. The van der Waals surface area contributed by atoms with Gasteiger partial charge < -0.3 is 9.90 Å². The molecule has 68 valence electrons. The number of carboxylic acid groups (broad SMARTS) is 1. The number of carbonyl (C=O) groups excluding carboxylic acids is 1. The molecule has 0 radical (unpaired) electrons. The molecule has 2 atom stereocenters. The number of benzene rings is 1. The third-order valence-electron chi connectivity index (χ3n) is 2.39. The van der Waals surface area contributed by atoms with Gasteiger partial charge in [-0.25, -0.2) is 4.39 Å². The van der Waals surface area contributed by atoms with Gasteiger partial charge in [-0.3, -0.25) is 0 Å². The van der Waals surface area contributed by atoms with Gasteiger partial charge >= 0.3 is 0 Å². The smallest absolute Gasteiger partial charge is 0.123 e. The number of hydrogen-bond donors (Lipinski definition) is 0. The fourth-order valence-electron chi connectivity index (χ4n) is 1.53. The van der Waals surface area contributed by atoms with Crippen LogP contribution in [-0.2, 0) is 4.79 Å². The normalized spacial score (nSPS) is 25.6. The Morgan fingerprint density at radius 2 is 2.00 bits per heavy atom. The average molecular weight is 179 g/mol. The molecule has 0 amide bonds. The van der Waals surface area contributed by atoms with E-state index < -0.39 is 5.97 Å². The molecule has 3 heteroatoms. The van der Waals surface area contributed by atoms with Crippen molar-refractivity contribution in [2.45, 2.75) is 12.3 Å². The monoisotopic (exact) mass is 179 g/mol.